The normalized spacial score (nSPS) is 16.6. The van der Waals surface area contributed by atoms with Gasteiger partial charge in [-0.3, -0.25) is 9.69 Å². The van der Waals surface area contributed by atoms with E-state index in [1.54, 1.807) is 25.3 Å². The zero-order chi connectivity index (χ0) is 11.5. The van der Waals surface area contributed by atoms with Crippen molar-refractivity contribution in [3.63, 3.8) is 0 Å². The minimum absolute atomic E-state index is 0.153. The minimum atomic E-state index is 0.153. The summed E-state index contributed by atoms with van der Waals surface area (Å²) >= 11 is 0. The molecule has 0 unspecified atom stereocenters. The van der Waals surface area contributed by atoms with Crippen molar-refractivity contribution >= 4 is 6.29 Å². The van der Waals surface area contributed by atoms with Gasteiger partial charge in [-0.2, -0.15) is 0 Å². The first-order valence-corrected chi connectivity index (χ1v) is 5.22. The maximum absolute atomic E-state index is 10.9. The van der Waals surface area contributed by atoms with Crippen LogP contribution in [0.1, 0.15) is 10.4 Å². The monoisotopic (exact) mass is 221 g/mol. The van der Waals surface area contributed by atoms with E-state index in [-0.39, 0.29) is 6.10 Å². The van der Waals surface area contributed by atoms with Gasteiger partial charge in [0.2, 0.25) is 0 Å². The second-order valence-electron chi connectivity index (χ2n) is 3.96. The molecule has 4 nitrogen and oxygen atoms in total. The van der Waals surface area contributed by atoms with Crippen molar-refractivity contribution in [3.8, 4) is 11.5 Å². The van der Waals surface area contributed by atoms with E-state index in [1.165, 1.54) is 0 Å². The second kappa shape index (κ2) is 4.53. The second-order valence-corrected chi connectivity index (χ2v) is 3.96. The van der Waals surface area contributed by atoms with Gasteiger partial charge in [-0.15, -0.1) is 0 Å². The van der Waals surface area contributed by atoms with Crippen molar-refractivity contribution in [3.05, 3.63) is 23.8 Å². The number of likely N-dealkylation sites (tertiary alicyclic amines) is 1. The molecule has 0 N–H and O–H groups in total. The van der Waals surface area contributed by atoms with Gasteiger partial charge in [0, 0.05) is 13.1 Å². The Morgan fingerprint density at radius 1 is 1.44 bits per heavy atom. The number of aldehydes is 1. The lowest BCUT2D eigenvalue weighted by molar-refractivity contribution is 0.0364. The van der Waals surface area contributed by atoms with E-state index in [9.17, 15) is 4.79 Å². The molecule has 0 radical (unpaired) electrons. The molecule has 1 aromatic carbocycles. The molecule has 0 atom stereocenters. The smallest absolute Gasteiger partial charge is 0.172 e. The van der Waals surface area contributed by atoms with Gasteiger partial charge in [0.1, 0.15) is 6.10 Å². The summed E-state index contributed by atoms with van der Waals surface area (Å²) in [5, 5.41) is 0. The molecule has 16 heavy (non-hydrogen) atoms. The number of hydrogen-bond acceptors (Lipinski definition) is 4. The molecule has 1 heterocycles. The molecular weight excluding hydrogens is 206 g/mol. The molecule has 0 saturated carbocycles. The van der Waals surface area contributed by atoms with Crippen LogP contribution in [0.2, 0.25) is 0 Å². The molecule has 2 rings (SSSR count). The van der Waals surface area contributed by atoms with Gasteiger partial charge in [-0.25, -0.2) is 0 Å². The molecule has 0 bridgehead atoms. The number of hydrogen-bond donors (Lipinski definition) is 0. The van der Waals surface area contributed by atoms with E-state index < -0.39 is 0 Å². The Labute approximate surface area is 94.8 Å². The average Bonchev–Trinajstić information content (AvgIpc) is 2.27. The molecule has 0 amide bonds. The van der Waals surface area contributed by atoms with Crippen molar-refractivity contribution < 1.29 is 14.3 Å². The van der Waals surface area contributed by atoms with Crippen LogP contribution in [-0.2, 0) is 0 Å². The highest BCUT2D eigenvalue weighted by Crippen LogP contribution is 2.31. The average molecular weight is 221 g/mol. The molecular formula is C12H15NO3. The summed E-state index contributed by atoms with van der Waals surface area (Å²) in [7, 11) is 3.60. The summed E-state index contributed by atoms with van der Waals surface area (Å²) in [4.78, 5) is 13.1. The fraction of sp³-hybridized carbons (Fsp3) is 0.417. The molecule has 1 aliphatic heterocycles. The molecule has 0 spiro atoms. The number of carbonyl (C=O) groups excluding carboxylic acids is 1. The number of carbonyl (C=O) groups is 1. The first-order chi connectivity index (χ1) is 7.74. The molecule has 1 aliphatic rings. The van der Waals surface area contributed by atoms with Gasteiger partial charge < -0.3 is 9.47 Å². The summed E-state index contributed by atoms with van der Waals surface area (Å²) in [6.07, 6.45) is 0.945. The summed E-state index contributed by atoms with van der Waals surface area (Å²) in [5.41, 5.74) is 0.536. The molecule has 1 aromatic rings. The van der Waals surface area contributed by atoms with Crippen LogP contribution in [0.4, 0.5) is 0 Å². The van der Waals surface area contributed by atoms with Crippen LogP contribution in [0.15, 0.2) is 18.2 Å². The maximum atomic E-state index is 10.9. The lowest BCUT2D eigenvalue weighted by Crippen LogP contribution is -2.51. The van der Waals surface area contributed by atoms with E-state index in [0.29, 0.717) is 17.1 Å². The number of nitrogens with zero attached hydrogens (tertiary/aromatic N) is 1. The quantitative estimate of drug-likeness (QED) is 0.716. The third-order valence-electron chi connectivity index (χ3n) is 2.67. The lowest BCUT2D eigenvalue weighted by Gasteiger charge is -2.36. The van der Waals surface area contributed by atoms with Crippen LogP contribution in [-0.4, -0.2) is 44.5 Å². The Bertz CT molecular complexity index is 386. The first-order valence-electron chi connectivity index (χ1n) is 5.22. The number of ether oxygens (including phenoxy) is 2. The Morgan fingerprint density at radius 2 is 2.19 bits per heavy atom. The van der Waals surface area contributed by atoms with Crippen LogP contribution in [0, 0.1) is 0 Å². The highest BCUT2D eigenvalue weighted by Gasteiger charge is 2.26. The first kappa shape index (κ1) is 11.0. The maximum Gasteiger partial charge on any atom is 0.172 e. The fourth-order valence-corrected chi connectivity index (χ4v) is 1.80. The van der Waals surface area contributed by atoms with Crippen molar-refractivity contribution in [2.24, 2.45) is 0 Å². The molecule has 86 valence electrons. The zero-order valence-corrected chi connectivity index (χ0v) is 9.47. The number of likely N-dealkylation sites (N-methyl/N-ethyl adjacent to an activating group) is 1. The van der Waals surface area contributed by atoms with Crippen LogP contribution in [0.5, 0.6) is 11.5 Å². The molecule has 1 fully saturated rings. The van der Waals surface area contributed by atoms with Crippen molar-refractivity contribution in [2.75, 3.05) is 27.2 Å². The summed E-state index contributed by atoms with van der Waals surface area (Å²) in [5.74, 6) is 1.16. The van der Waals surface area contributed by atoms with E-state index in [4.69, 9.17) is 9.47 Å². The summed E-state index contributed by atoms with van der Waals surface area (Å²) in [6.45, 7) is 1.77. The van der Waals surface area contributed by atoms with Crippen molar-refractivity contribution in [1.82, 2.24) is 4.90 Å². The Kier molecular flexibility index (Phi) is 3.10. The van der Waals surface area contributed by atoms with Gasteiger partial charge >= 0.3 is 0 Å². The SMILES string of the molecule is COc1cccc(C=O)c1OC1CN(C)C1. The summed E-state index contributed by atoms with van der Waals surface area (Å²) in [6, 6.07) is 5.31. The highest BCUT2D eigenvalue weighted by atomic mass is 16.5. The van der Waals surface area contributed by atoms with Gasteiger partial charge in [0.25, 0.3) is 0 Å². The van der Waals surface area contributed by atoms with Crippen LogP contribution < -0.4 is 9.47 Å². The number of benzene rings is 1. The zero-order valence-electron chi connectivity index (χ0n) is 9.47. The number of para-hydroxylation sites is 1. The number of methoxy groups -OCH3 is 1. The highest BCUT2D eigenvalue weighted by molar-refractivity contribution is 5.81. The Balaban J connectivity index is 2.19. The molecule has 1 saturated heterocycles. The molecule has 0 aliphatic carbocycles. The van der Waals surface area contributed by atoms with Crippen LogP contribution in [0.3, 0.4) is 0 Å². The predicted octanol–water partition coefficient (Wildman–Crippen LogP) is 1.20. The van der Waals surface area contributed by atoms with E-state index in [1.807, 2.05) is 7.05 Å². The van der Waals surface area contributed by atoms with Gasteiger partial charge in [0.15, 0.2) is 17.8 Å². The van der Waals surface area contributed by atoms with Gasteiger partial charge in [-0.05, 0) is 19.2 Å². The third kappa shape index (κ3) is 2.02. The Hall–Kier alpha value is -1.55. The van der Waals surface area contributed by atoms with E-state index >= 15 is 0 Å². The third-order valence-corrected chi connectivity index (χ3v) is 2.67. The van der Waals surface area contributed by atoms with Crippen LogP contribution in [0.25, 0.3) is 0 Å². The van der Waals surface area contributed by atoms with Crippen molar-refractivity contribution in [1.29, 1.82) is 0 Å². The lowest BCUT2D eigenvalue weighted by atomic mass is 10.1. The van der Waals surface area contributed by atoms with Crippen LogP contribution >= 0.6 is 0 Å². The predicted molar refractivity (Wildman–Crippen MR) is 60.3 cm³/mol. The number of rotatable bonds is 4. The largest absolute Gasteiger partial charge is 0.493 e. The topological polar surface area (TPSA) is 38.8 Å². The van der Waals surface area contributed by atoms with Gasteiger partial charge in [0.05, 0.1) is 12.7 Å². The fourth-order valence-electron chi connectivity index (χ4n) is 1.80. The summed E-state index contributed by atoms with van der Waals surface area (Å²) < 4.78 is 11.0. The molecule has 4 heteroatoms. The van der Waals surface area contributed by atoms with E-state index in [0.717, 1.165) is 19.4 Å². The van der Waals surface area contributed by atoms with Crippen molar-refractivity contribution in [2.45, 2.75) is 6.10 Å². The minimum Gasteiger partial charge on any atom is -0.493 e. The Morgan fingerprint density at radius 3 is 2.75 bits per heavy atom. The standard InChI is InChI=1S/C12H15NO3/c1-13-6-10(7-13)16-12-9(8-14)4-3-5-11(12)15-2/h3-5,8,10H,6-7H2,1-2H3. The van der Waals surface area contributed by atoms with E-state index in [2.05, 4.69) is 4.90 Å². The molecule has 0 aromatic heterocycles. The van der Waals surface area contributed by atoms with Gasteiger partial charge in [-0.1, -0.05) is 6.07 Å².